The van der Waals surface area contributed by atoms with E-state index in [0.29, 0.717) is 12.1 Å². The molecule has 1 N–H and O–H groups in total. The standard InChI is InChI=1S/C25H32NO3.BrH/c1-18-8-10-19(11-9-18)16-26(2)21-12-13-22(26)15-23(14-21)29-25(28)24(17-27)20-6-4-3-5-7-20;/h3-11,21-24,27H,12-17H2,1-2H3;1H/q+1;/p-1/t21-,22+,23?,24?,26?;. The molecule has 30 heavy (non-hydrogen) atoms. The van der Waals surface area contributed by atoms with Crippen molar-refractivity contribution in [1.82, 2.24) is 0 Å². The molecular formula is C25H32BrNO3. The molecule has 0 aliphatic carbocycles. The lowest BCUT2D eigenvalue weighted by molar-refractivity contribution is -0.961. The second kappa shape index (κ2) is 9.63. The van der Waals surface area contributed by atoms with Crippen LogP contribution in [0.25, 0.3) is 0 Å². The van der Waals surface area contributed by atoms with E-state index in [-0.39, 0.29) is 35.7 Å². The lowest BCUT2D eigenvalue weighted by Crippen LogP contribution is -3.00. The molecular weight excluding hydrogens is 442 g/mol. The molecule has 2 bridgehead atoms. The van der Waals surface area contributed by atoms with Gasteiger partial charge in [-0.1, -0.05) is 60.2 Å². The number of hydrogen-bond donors (Lipinski definition) is 1. The summed E-state index contributed by atoms with van der Waals surface area (Å²) in [6, 6.07) is 19.4. The number of aliphatic hydroxyl groups is 1. The van der Waals surface area contributed by atoms with Gasteiger partial charge in [-0.05, 0) is 12.5 Å². The zero-order valence-corrected chi connectivity index (χ0v) is 19.4. The summed E-state index contributed by atoms with van der Waals surface area (Å²) in [5.74, 6) is -0.887. The van der Waals surface area contributed by atoms with E-state index in [1.54, 1.807) is 0 Å². The van der Waals surface area contributed by atoms with Crippen LogP contribution in [0.2, 0.25) is 0 Å². The number of nitrogens with zero attached hydrogens (tertiary/aromatic N) is 1. The Hall–Kier alpha value is -1.69. The topological polar surface area (TPSA) is 46.5 Å². The normalized spacial score (nSPS) is 28.4. The number of hydrogen-bond acceptors (Lipinski definition) is 3. The van der Waals surface area contributed by atoms with E-state index in [0.717, 1.165) is 29.4 Å². The van der Waals surface area contributed by atoms with Gasteiger partial charge in [-0.25, -0.2) is 0 Å². The van der Waals surface area contributed by atoms with Crippen molar-refractivity contribution in [2.24, 2.45) is 0 Å². The van der Waals surface area contributed by atoms with E-state index >= 15 is 0 Å². The van der Waals surface area contributed by atoms with Gasteiger partial charge in [0, 0.05) is 31.2 Å². The van der Waals surface area contributed by atoms with Gasteiger partial charge in [0.05, 0.1) is 25.7 Å². The van der Waals surface area contributed by atoms with Crippen LogP contribution < -0.4 is 17.0 Å². The summed E-state index contributed by atoms with van der Waals surface area (Å²) in [5.41, 5.74) is 3.50. The first-order valence-electron chi connectivity index (χ1n) is 10.8. The highest BCUT2D eigenvalue weighted by molar-refractivity contribution is 5.78. The Morgan fingerprint density at radius 2 is 1.67 bits per heavy atom. The number of aliphatic hydroxyl groups excluding tert-OH is 1. The number of piperidine rings is 1. The first kappa shape index (κ1) is 23.0. The van der Waals surface area contributed by atoms with Crippen LogP contribution in [-0.2, 0) is 16.1 Å². The molecule has 0 spiro atoms. The largest absolute Gasteiger partial charge is 1.00 e. The number of rotatable bonds is 6. The van der Waals surface area contributed by atoms with E-state index in [2.05, 4.69) is 38.2 Å². The number of carbonyl (C=O) groups excluding carboxylic acids is 1. The van der Waals surface area contributed by atoms with Crippen LogP contribution >= 0.6 is 0 Å². The lowest BCUT2D eigenvalue weighted by atomic mass is 9.94. The average molecular weight is 474 g/mol. The zero-order valence-electron chi connectivity index (χ0n) is 17.8. The Kier molecular flexibility index (Phi) is 7.38. The molecule has 4 nitrogen and oxygen atoms in total. The molecule has 2 heterocycles. The highest BCUT2D eigenvalue weighted by Crippen LogP contribution is 2.43. The van der Waals surface area contributed by atoms with Crippen molar-refractivity contribution in [3.63, 3.8) is 0 Å². The summed E-state index contributed by atoms with van der Waals surface area (Å²) in [6.07, 6.45) is 4.18. The Morgan fingerprint density at radius 3 is 2.23 bits per heavy atom. The third-order valence-electron chi connectivity index (χ3n) is 7.17. The molecule has 0 radical (unpaired) electrons. The fourth-order valence-electron chi connectivity index (χ4n) is 5.38. The maximum Gasteiger partial charge on any atom is 0.316 e. The van der Waals surface area contributed by atoms with Gasteiger partial charge in [-0.3, -0.25) is 4.79 Å². The summed E-state index contributed by atoms with van der Waals surface area (Å²) in [5, 5.41) is 9.76. The number of benzene rings is 2. The lowest BCUT2D eigenvalue weighted by Gasteiger charge is -2.47. The molecule has 2 fully saturated rings. The molecule has 162 valence electrons. The van der Waals surface area contributed by atoms with Crippen LogP contribution in [-0.4, -0.2) is 47.4 Å². The SMILES string of the molecule is Cc1ccc(C[N+]2(C)[C@@H]3CC[C@H]2CC(OC(=O)C(CO)c2ccccc2)C3)cc1.[Br-]. The molecule has 0 saturated carbocycles. The molecule has 2 aliphatic heterocycles. The molecule has 2 aromatic rings. The van der Waals surface area contributed by atoms with Crippen molar-refractivity contribution in [2.75, 3.05) is 13.7 Å². The highest BCUT2D eigenvalue weighted by Gasteiger charge is 2.52. The second-order valence-corrected chi connectivity index (χ2v) is 9.05. The highest BCUT2D eigenvalue weighted by atomic mass is 79.9. The molecule has 4 rings (SSSR count). The summed E-state index contributed by atoms with van der Waals surface area (Å²) >= 11 is 0. The molecule has 2 saturated heterocycles. The maximum absolute atomic E-state index is 12.8. The van der Waals surface area contributed by atoms with Gasteiger partial charge in [0.25, 0.3) is 0 Å². The van der Waals surface area contributed by atoms with E-state index in [1.807, 2.05) is 30.3 Å². The van der Waals surface area contributed by atoms with E-state index in [9.17, 15) is 9.90 Å². The van der Waals surface area contributed by atoms with Crippen molar-refractivity contribution in [3.8, 4) is 0 Å². The second-order valence-electron chi connectivity index (χ2n) is 9.05. The van der Waals surface area contributed by atoms with Crippen molar-refractivity contribution in [1.29, 1.82) is 0 Å². The minimum absolute atomic E-state index is 0. The fourth-order valence-corrected chi connectivity index (χ4v) is 5.38. The summed E-state index contributed by atoms with van der Waals surface area (Å²) in [4.78, 5) is 12.8. The fraction of sp³-hybridized carbons (Fsp3) is 0.480. The van der Waals surface area contributed by atoms with Crippen LogP contribution in [0, 0.1) is 6.92 Å². The van der Waals surface area contributed by atoms with Gasteiger partial charge >= 0.3 is 5.97 Å². The third-order valence-corrected chi connectivity index (χ3v) is 7.17. The predicted molar refractivity (Wildman–Crippen MR) is 113 cm³/mol. The van der Waals surface area contributed by atoms with Crippen LogP contribution in [0.5, 0.6) is 0 Å². The van der Waals surface area contributed by atoms with Crippen LogP contribution in [0.1, 0.15) is 48.3 Å². The number of quaternary nitrogens is 1. The predicted octanol–water partition coefficient (Wildman–Crippen LogP) is 0.958. The number of aryl methyl sites for hydroxylation is 1. The maximum atomic E-state index is 12.8. The van der Waals surface area contributed by atoms with Gasteiger partial charge in [0.1, 0.15) is 18.6 Å². The monoisotopic (exact) mass is 473 g/mol. The van der Waals surface area contributed by atoms with Gasteiger partial charge in [0.15, 0.2) is 0 Å². The number of ether oxygens (including phenoxy) is 1. The van der Waals surface area contributed by atoms with E-state index < -0.39 is 5.92 Å². The Balaban J connectivity index is 0.00000256. The van der Waals surface area contributed by atoms with Gasteiger partial charge < -0.3 is 31.3 Å². The van der Waals surface area contributed by atoms with Crippen LogP contribution in [0.15, 0.2) is 54.6 Å². The van der Waals surface area contributed by atoms with Crippen molar-refractivity contribution in [3.05, 3.63) is 71.3 Å². The van der Waals surface area contributed by atoms with Gasteiger partial charge in [-0.2, -0.15) is 0 Å². The Labute approximate surface area is 190 Å². The number of carbonyl (C=O) groups is 1. The van der Waals surface area contributed by atoms with E-state index in [1.165, 1.54) is 24.0 Å². The van der Waals surface area contributed by atoms with Crippen molar-refractivity contribution in [2.45, 2.75) is 63.3 Å². The van der Waals surface area contributed by atoms with Crippen LogP contribution in [0.3, 0.4) is 0 Å². The minimum Gasteiger partial charge on any atom is -1.00 e. The Morgan fingerprint density at radius 1 is 1.07 bits per heavy atom. The van der Waals surface area contributed by atoms with Crippen LogP contribution in [0.4, 0.5) is 0 Å². The molecule has 5 atom stereocenters. The Bertz CT molecular complexity index is 825. The molecule has 0 amide bonds. The molecule has 3 unspecified atom stereocenters. The molecule has 5 heteroatoms. The summed E-state index contributed by atoms with van der Waals surface area (Å²) in [7, 11) is 2.38. The molecule has 0 aromatic heterocycles. The molecule has 2 aliphatic rings. The summed E-state index contributed by atoms with van der Waals surface area (Å²) in [6.45, 7) is 2.95. The smallest absolute Gasteiger partial charge is 0.316 e. The number of fused-ring (bicyclic) bond motifs is 2. The number of esters is 1. The third kappa shape index (κ3) is 4.63. The minimum atomic E-state index is -0.593. The average Bonchev–Trinajstić information content (AvgIpc) is 2.88. The first-order chi connectivity index (χ1) is 14.0. The summed E-state index contributed by atoms with van der Waals surface area (Å²) < 4.78 is 6.98. The quantitative estimate of drug-likeness (QED) is 0.501. The van der Waals surface area contributed by atoms with Crippen molar-refractivity contribution >= 4 is 5.97 Å². The van der Waals surface area contributed by atoms with E-state index in [4.69, 9.17) is 4.74 Å². The van der Waals surface area contributed by atoms with Gasteiger partial charge in [-0.15, -0.1) is 0 Å². The van der Waals surface area contributed by atoms with Crippen molar-refractivity contribution < 1.29 is 36.1 Å². The number of halogens is 1. The zero-order chi connectivity index (χ0) is 20.4. The first-order valence-corrected chi connectivity index (χ1v) is 10.8. The molecule has 2 aromatic carbocycles. The van der Waals surface area contributed by atoms with Gasteiger partial charge in [0.2, 0.25) is 0 Å².